The van der Waals surface area contributed by atoms with Gasteiger partial charge in [-0.25, -0.2) is 0 Å². The first-order chi connectivity index (χ1) is 10.9. The van der Waals surface area contributed by atoms with Gasteiger partial charge in [0.05, 0.1) is 11.5 Å². The molecule has 3 N–H and O–H groups in total. The van der Waals surface area contributed by atoms with Crippen molar-refractivity contribution in [3.8, 4) is 0 Å². The number of carbonyl (C=O) groups is 1. The van der Waals surface area contributed by atoms with E-state index in [4.69, 9.17) is 15.0 Å². The molecule has 1 aromatic rings. The summed E-state index contributed by atoms with van der Waals surface area (Å²) >= 11 is 0. The molecule has 0 aliphatic carbocycles. The van der Waals surface area contributed by atoms with Crippen LogP contribution < -0.4 is 5.73 Å². The second kappa shape index (κ2) is 9.76. The van der Waals surface area contributed by atoms with Crippen molar-refractivity contribution < 1.29 is 22.5 Å². The summed E-state index contributed by atoms with van der Waals surface area (Å²) in [6.07, 6.45) is 1.86. The Hall–Kier alpha value is -1.44. The van der Waals surface area contributed by atoms with E-state index in [9.17, 15) is 13.2 Å². The Morgan fingerprint density at radius 1 is 1.21 bits per heavy atom. The number of aliphatic carboxylic acids is 1. The molecule has 1 rings (SSSR count). The topological polar surface area (TPSA) is 107 Å². The van der Waals surface area contributed by atoms with E-state index in [2.05, 4.69) is 0 Å². The van der Waals surface area contributed by atoms with Gasteiger partial charge in [-0.2, -0.15) is 8.42 Å². The van der Waals surface area contributed by atoms with Gasteiger partial charge in [-0.1, -0.05) is 44.4 Å². The Kier molecular flexibility index (Phi) is 9.17. The van der Waals surface area contributed by atoms with Crippen molar-refractivity contribution in [2.75, 3.05) is 6.61 Å². The molecular weight excluding hydrogens is 330 g/mol. The van der Waals surface area contributed by atoms with Gasteiger partial charge in [0, 0.05) is 0 Å². The van der Waals surface area contributed by atoms with Gasteiger partial charge in [0.25, 0.3) is 10.1 Å². The van der Waals surface area contributed by atoms with E-state index in [1.807, 2.05) is 20.8 Å². The van der Waals surface area contributed by atoms with Crippen LogP contribution in [-0.4, -0.2) is 31.6 Å². The zero-order chi connectivity index (χ0) is 19.0. The maximum absolute atomic E-state index is 11.9. The molecule has 0 amide bonds. The Morgan fingerprint density at radius 2 is 1.62 bits per heavy atom. The normalized spacial score (nSPS) is 11.8. The molecule has 6 nitrogen and oxygen atoms in total. The van der Waals surface area contributed by atoms with Crippen LogP contribution in [0.4, 0.5) is 0 Å². The summed E-state index contributed by atoms with van der Waals surface area (Å²) in [5.41, 5.74) is 5.03. The van der Waals surface area contributed by atoms with Crippen molar-refractivity contribution in [1.29, 1.82) is 0 Å². The minimum atomic E-state index is -3.59. The number of hydrogen-bond acceptors (Lipinski definition) is 5. The summed E-state index contributed by atoms with van der Waals surface area (Å²) in [5.74, 6) is -0.678. The highest BCUT2D eigenvalue weighted by Crippen LogP contribution is 2.16. The van der Waals surface area contributed by atoms with Crippen LogP contribution in [0.25, 0.3) is 0 Å². The van der Waals surface area contributed by atoms with Crippen molar-refractivity contribution in [3.05, 3.63) is 29.8 Å². The number of hydrogen-bond donors (Lipinski definition) is 2. The summed E-state index contributed by atoms with van der Waals surface area (Å²) < 4.78 is 28.8. The third-order valence-corrected chi connectivity index (χ3v) is 4.77. The quantitative estimate of drug-likeness (QED) is 0.725. The van der Waals surface area contributed by atoms with Gasteiger partial charge in [-0.15, -0.1) is 0 Å². The van der Waals surface area contributed by atoms with E-state index in [1.165, 1.54) is 13.8 Å². The lowest BCUT2D eigenvalue weighted by Crippen LogP contribution is -2.41. The minimum absolute atomic E-state index is 0.231. The molecule has 0 bridgehead atoms. The average Bonchev–Trinajstić information content (AvgIpc) is 2.48. The van der Waals surface area contributed by atoms with Crippen LogP contribution in [0.15, 0.2) is 29.2 Å². The number of carboxylic acids is 1. The Bertz CT molecular complexity index is 599. The fourth-order valence-corrected chi connectivity index (χ4v) is 2.46. The van der Waals surface area contributed by atoms with E-state index in [0.29, 0.717) is 5.92 Å². The third-order valence-electron chi connectivity index (χ3n) is 3.47. The summed E-state index contributed by atoms with van der Waals surface area (Å²) in [6, 6.07) is 6.70. The van der Waals surface area contributed by atoms with Gasteiger partial charge in [0.1, 0.15) is 5.54 Å². The monoisotopic (exact) mass is 359 g/mol. The fourth-order valence-electron chi connectivity index (χ4n) is 1.48. The summed E-state index contributed by atoms with van der Waals surface area (Å²) in [4.78, 5) is 10.1. The Balaban J connectivity index is 0.000000640. The maximum atomic E-state index is 11.9. The molecule has 0 aliphatic heterocycles. The third kappa shape index (κ3) is 8.42. The smallest absolute Gasteiger partial charge is 0.323 e. The van der Waals surface area contributed by atoms with Gasteiger partial charge in [0.15, 0.2) is 0 Å². The highest BCUT2D eigenvalue weighted by atomic mass is 32.2. The Labute approximate surface area is 145 Å². The number of rotatable bonds is 7. The van der Waals surface area contributed by atoms with Gasteiger partial charge < -0.3 is 10.8 Å². The molecule has 0 atom stereocenters. The molecule has 0 fully saturated rings. The predicted molar refractivity (Wildman–Crippen MR) is 94.3 cm³/mol. The zero-order valence-electron chi connectivity index (χ0n) is 15.1. The number of nitrogens with two attached hydrogens (primary N) is 1. The van der Waals surface area contributed by atoms with Crippen LogP contribution in [0.3, 0.4) is 0 Å². The second-order valence-corrected chi connectivity index (χ2v) is 7.88. The minimum Gasteiger partial charge on any atom is -0.480 e. The van der Waals surface area contributed by atoms with Gasteiger partial charge in [-0.3, -0.25) is 8.98 Å². The van der Waals surface area contributed by atoms with Crippen LogP contribution in [0.2, 0.25) is 0 Å². The number of benzene rings is 1. The molecule has 0 unspecified atom stereocenters. The second-order valence-electron chi connectivity index (χ2n) is 6.26. The molecule has 0 saturated carbocycles. The standard InChI is InChI=1S/C13H20O3S.C4H9NO2/c1-4-12(5-2)10-16-17(14,15)13-8-6-11(3)7-9-13;1-4(2,5)3(6)7/h6-9,12H,4-5,10H2,1-3H3;5H2,1-2H3,(H,6,7). The molecule has 0 heterocycles. The summed E-state index contributed by atoms with van der Waals surface area (Å²) in [6.45, 7) is 9.14. The van der Waals surface area contributed by atoms with Crippen LogP contribution in [0.1, 0.15) is 46.1 Å². The van der Waals surface area contributed by atoms with Crippen molar-refractivity contribution in [3.63, 3.8) is 0 Å². The largest absolute Gasteiger partial charge is 0.480 e. The first kappa shape index (κ1) is 22.6. The zero-order valence-corrected chi connectivity index (χ0v) is 15.9. The molecule has 0 spiro atoms. The van der Waals surface area contributed by atoms with Crippen LogP contribution >= 0.6 is 0 Å². The van der Waals surface area contributed by atoms with Crippen molar-refractivity contribution in [1.82, 2.24) is 0 Å². The lowest BCUT2D eigenvalue weighted by Gasteiger charge is -2.12. The van der Waals surface area contributed by atoms with Gasteiger partial charge >= 0.3 is 5.97 Å². The lowest BCUT2D eigenvalue weighted by molar-refractivity contribution is -0.141. The highest BCUT2D eigenvalue weighted by molar-refractivity contribution is 7.86. The number of carboxylic acid groups (broad SMARTS) is 1. The van der Waals surface area contributed by atoms with Crippen molar-refractivity contribution in [2.24, 2.45) is 11.7 Å². The van der Waals surface area contributed by atoms with Gasteiger partial charge in [0.2, 0.25) is 0 Å². The molecule has 7 heteroatoms. The lowest BCUT2D eigenvalue weighted by atomic mass is 10.1. The van der Waals surface area contributed by atoms with E-state index < -0.39 is 21.6 Å². The Morgan fingerprint density at radius 3 is 1.96 bits per heavy atom. The van der Waals surface area contributed by atoms with Crippen molar-refractivity contribution in [2.45, 2.75) is 57.9 Å². The molecule has 0 radical (unpaired) electrons. The maximum Gasteiger partial charge on any atom is 0.323 e. The summed E-state index contributed by atoms with van der Waals surface area (Å²) in [7, 11) is -3.59. The molecule has 1 aromatic carbocycles. The fraction of sp³-hybridized carbons (Fsp3) is 0.588. The molecule has 0 saturated heterocycles. The number of aryl methyl sites for hydroxylation is 1. The molecule has 0 aromatic heterocycles. The first-order valence-corrected chi connectivity index (χ1v) is 9.33. The van der Waals surface area contributed by atoms with E-state index in [1.54, 1.807) is 24.3 Å². The predicted octanol–water partition coefficient (Wildman–Crippen LogP) is 2.94. The van der Waals surface area contributed by atoms with E-state index in [-0.39, 0.29) is 11.5 Å². The molecule has 24 heavy (non-hydrogen) atoms. The van der Waals surface area contributed by atoms with Gasteiger partial charge in [-0.05, 0) is 38.8 Å². The van der Waals surface area contributed by atoms with Crippen molar-refractivity contribution >= 4 is 16.1 Å². The molecular formula is C17H29NO5S. The highest BCUT2D eigenvalue weighted by Gasteiger charge is 2.19. The molecule has 138 valence electrons. The average molecular weight is 359 g/mol. The van der Waals surface area contributed by atoms with E-state index >= 15 is 0 Å². The van der Waals surface area contributed by atoms with Crippen LogP contribution in [0.5, 0.6) is 0 Å². The SMILES string of the molecule is CC(C)(N)C(=O)O.CCC(CC)COS(=O)(=O)c1ccc(C)cc1. The summed E-state index contributed by atoms with van der Waals surface area (Å²) in [5, 5.41) is 8.12. The van der Waals surface area contributed by atoms with Crippen LogP contribution in [0, 0.1) is 12.8 Å². The van der Waals surface area contributed by atoms with Crippen LogP contribution in [-0.2, 0) is 19.1 Å². The first-order valence-electron chi connectivity index (χ1n) is 7.92. The van der Waals surface area contributed by atoms with E-state index in [0.717, 1.165) is 18.4 Å². The molecule has 0 aliphatic rings.